The minimum atomic E-state index is -0.545. The van der Waals surface area contributed by atoms with Gasteiger partial charge in [0.25, 0.3) is 0 Å². The smallest absolute Gasteiger partial charge is 0.226 e. The van der Waals surface area contributed by atoms with Gasteiger partial charge in [0.05, 0.1) is 29.8 Å². The van der Waals surface area contributed by atoms with E-state index >= 15 is 8.78 Å². The number of nitriles is 1. The van der Waals surface area contributed by atoms with E-state index in [1.54, 1.807) is 20.2 Å². The van der Waals surface area contributed by atoms with E-state index in [1.807, 2.05) is 32.6 Å². The molecule has 7 nitrogen and oxygen atoms in total. The lowest BCUT2D eigenvalue weighted by atomic mass is 9.85. The van der Waals surface area contributed by atoms with Gasteiger partial charge in [-0.2, -0.15) is 5.26 Å². The molecule has 2 aromatic heterocycles. The van der Waals surface area contributed by atoms with Crippen molar-refractivity contribution in [1.29, 1.82) is 5.26 Å². The predicted molar refractivity (Wildman–Crippen MR) is 162 cm³/mol. The Morgan fingerprint density at radius 2 is 2.00 bits per heavy atom. The van der Waals surface area contributed by atoms with E-state index in [4.69, 9.17) is 20.2 Å². The number of fused-ring (bicyclic) bond motifs is 3. The first-order chi connectivity index (χ1) is 19.7. The Balaban J connectivity index is 0.00000189. The molecule has 2 unspecified atom stereocenters. The zero-order valence-electron chi connectivity index (χ0n) is 24.7. The molecule has 1 saturated heterocycles. The molecule has 0 radical (unpaired) electrons. The second kappa shape index (κ2) is 12.6. The van der Waals surface area contributed by atoms with Crippen molar-refractivity contribution in [3.05, 3.63) is 56.4 Å². The molecular weight excluding hydrogens is 544 g/mol. The molecule has 10 heteroatoms. The number of methoxy groups -OCH3 is 1. The lowest BCUT2D eigenvalue weighted by Crippen LogP contribution is -2.24. The first-order valence-corrected chi connectivity index (χ1v) is 14.8. The Labute approximate surface area is 244 Å². The second-order valence-corrected chi connectivity index (χ2v) is 11.1. The van der Waals surface area contributed by atoms with Gasteiger partial charge in [-0.15, -0.1) is 11.3 Å². The number of nitrogens with zero attached hydrogens (tertiary/aromatic N) is 4. The minimum Gasteiger partial charge on any atom is -0.389 e. The molecule has 41 heavy (non-hydrogen) atoms. The third kappa shape index (κ3) is 5.23. The Morgan fingerprint density at radius 3 is 2.61 bits per heavy atom. The standard InChI is InChI=1S/C29H31F2N5O2S.C2H6/c1-6-14(3)22(24-16(8-32)28(33)39-27(24)20(30)7-2)23-19-13-38-12-18(19)17-9-34-29(35-26(17)25(23)31)36-10-15(4)21(11-36)37-5;1-2/h7,9,15,21H,6,10-13,33H2,1-5H3;1-2H3/b20-7+,22-14+;. The molecule has 1 fully saturated rings. The van der Waals surface area contributed by atoms with Gasteiger partial charge >= 0.3 is 0 Å². The van der Waals surface area contributed by atoms with Crippen molar-refractivity contribution >= 4 is 44.6 Å². The Hall–Kier alpha value is -3.39. The van der Waals surface area contributed by atoms with Crippen LogP contribution in [0, 0.1) is 23.1 Å². The van der Waals surface area contributed by atoms with E-state index in [1.165, 1.54) is 6.08 Å². The first kappa shape index (κ1) is 30.6. The lowest BCUT2D eigenvalue weighted by Gasteiger charge is -2.21. The van der Waals surface area contributed by atoms with Crippen LogP contribution in [-0.4, -0.2) is 36.3 Å². The van der Waals surface area contributed by atoms with Crippen LogP contribution < -0.4 is 10.6 Å². The summed E-state index contributed by atoms with van der Waals surface area (Å²) < 4.78 is 43.4. The topological polar surface area (TPSA) is 97.3 Å². The highest BCUT2D eigenvalue weighted by molar-refractivity contribution is 7.17. The van der Waals surface area contributed by atoms with Crippen LogP contribution in [0.4, 0.5) is 19.7 Å². The summed E-state index contributed by atoms with van der Waals surface area (Å²) in [6.07, 6.45) is 3.57. The zero-order valence-corrected chi connectivity index (χ0v) is 25.5. The fraction of sp³-hybridized carbons (Fsp3) is 0.452. The summed E-state index contributed by atoms with van der Waals surface area (Å²) in [6.45, 7) is 13.3. The number of thiophene rings is 1. The third-order valence-electron chi connectivity index (χ3n) is 7.79. The molecule has 0 aliphatic carbocycles. The summed E-state index contributed by atoms with van der Waals surface area (Å²) in [6, 6.07) is 2.14. The van der Waals surface area contributed by atoms with Gasteiger partial charge < -0.3 is 20.1 Å². The molecule has 4 heterocycles. The number of hydrogen-bond donors (Lipinski definition) is 1. The Morgan fingerprint density at radius 1 is 1.29 bits per heavy atom. The van der Waals surface area contributed by atoms with Gasteiger partial charge in [-0.05, 0) is 37.0 Å². The van der Waals surface area contributed by atoms with Crippen LogP contribution in [0.2, 0.25) is 0 Å². The molecule has 0 saturated carbocycles. The number of benzene rings is 1. The number of allylic oxidation sites excluding steroid dienone is 2. The van der Waals surface area contributed by atoms with Crippen molar-refractivity contribution in [2.75, 3.05) is 30.8 Å². The van der Waals surface area contributed by atoms with Gasteiger partial charge in [-0.1, -0.05) is 39.3 Å². The monoisotopic (exact) mass is 581 g/mol. The molecule has 3 aromatic rings. The van der Waals surface area contributed by atoms with Crippen molar-refractivity contribution in [3.8, 4) is 6.07 Å². The summed E-state index contributed by atoms with van der Waals surface area (Å²) in [5.41, 5.74) is 9.82. The van der Waals surface area contributed by atoms with Crippen LogP contribution in [-0.2, 0) is 22.7 Å². The van der Waals surface area contributed by atoms with E-state index in [-0.39, 0.29) is 51.8 Å². The van der Waals surface area contributed by atoms with Crippen LogP contribution in [0.1, 0.15) is 80.7 Å². The molecule has 218 valence electrons. The molecule has 5 rings (SSSR count). The van der Waals surface area contributed by atoms with Crippen molar-refractivity contribution in [2.24, 2.45) is 5.92 Å². The van der Waals surface area contributed by atoms with Crippen LogP contribution in [0.5, 0.6) is 0 Å². The second-order valence-electron chi connectivity index (χ2n) is 10.0. The fourth-order valence-electron chi connectivity index (χ4n) is 5.55. The van der Waals surface area contributed by atoms with Gasteiger partial charge in [-0.25, -0.2) is 18.7 Å². The van der Waals surface area contributed by atoms with E-state index in [9.17, 15) is 5.26 Å². The average molecular weight is 582 g/mol. The predicted octanol–water partition coefficient (Wildman–Crippen LogP) is 7.37. The average Bonchev–Trinajstić information content (AvgIpc) is 3.71. The number of rotatable bonds is 6. The van der Waals surface area contributed by atoms with Crippen LogP contribution in [0.3, 0.4) is 0 Å². The quantitative estimate of drug-likeness (QED) is 0.324. The van der Waals surface area contributed by atoms with Gasteiger partial charge in [-0.3, -0.25) is 0 Å². The zero-order chi connectivity index (χ0) is 30.0. The maximum absolute atomic E-state index is 16.9. The number of halogens is 2. The lowest BCUT2D eigenvalue weighted by molar-refractivity contribution is 0.0899. The van der Waals surface area contributed by atoms with Gasteiger partial charge in [0, 0.05) is 48.8 Å². The number of nitrogen functional groups attached to an aromatic ring is 1. The van der Waals surface area contributed by atoms with Crippen molar-refractivity contribution in [2.45, 2.75) is 67.3 Å². The van der Waals surface area contributed by atoms with Crippen LogP contribution in [0.15, 0.2) is 17.8 Å². The highest BCUT2D eigenvalue weighted by Crippen LogP contribution is 2.47. The molecular formula is C31H37F2N5O2S. The van der Waals surface area contributed by atoms with Gasteiger partial charge in [0.15, 0.2) is 5.82 Å². The molecule has 0 bridgehead atoms. The summed E-state index contributed by atoms with van der Waals surface area (Å²) in [5, 5.41) is 10.8. The molecule has 0 spiro atoms. The summed E-state index contributed by atoms with van der Waals surface area (Å²) in [7, 11) is 1.68. The van der Waals surface area contributed by atoms with Crippen LogP contribution in [0.25, 0.3) is 22.3 Å². The number of ether oxygens (including phenoxy) is 2. The first-order valence-electron chi connectivity index (χ1n) is 14.0. The third-order valence-corrected chi connectivity index (χ3v) is 8.82. The van der Waals surface area contributed by atoms with E-state index in [0.29, 0.717) is 47.5 Å². The summed E-state index contributed by atoms with van der Waals surface area (Å²) in [5.74, 6) is -0.359. The van der Waals surface area contributed by atoms with E-state index in [2.05, 4.69) is 18.0 Å². The molecule has 2 aliphatic heterocycles. The van der Waals surface area contributed by atoms with Crippen molar-refractivity contribution in [3.63, 3.8) is 0 Å². The highest BCUT2D eigenvalue weighted by atomic mass is 32.1. The maximum Gasteiger partial charge on any atom is 0.226 e. The molecule has 2 N–H and O–H groups in total. The van der Waals surface area contributed by atoms with Crippen LogP contribution >= 0.6 is 11.3 Å². The van der Waals surface area contributed by atoms with Gasteiger partial charge in [0.2, 0.25) is 5.95 Å². The maximum atomic E-state index is 16.9. The SMILES string of the molecule is C/C=C(/F)c1sc(N)c(C#N)c1/C(=C(\C)CC)c1c2c(c3cnc(N4CC(C)C(OC)C4)nc3c1F)COC2.CC. The number of anilines is 2. The summed E-state index contributed by atoms with van der Waals surface area (Å²) >= 11 is 0.994. The summed E-state index contributed by atoms with van der Waals surface area (Å²) in [4.78, 5) is 11.5. The Bertz CT molecular complexity index is 1570. The molecule has 2 atom stereocenters. The highest BCUT2D eigenvalue weighted by Gasteiger charge is 2.34. The molecule has 0 amide bonds. The molecule has 2 aliphatic rings. The number of nitrogens with two attached hydrogens (primary N) is 1. The van der Waals surface area contributed by atoms with Gasteiger partial charge in [0.1, 0.15) is 22.4 Å². The Kier molecular flexibility index (Phi) is 9.42. The van der Waals surface area contributed by atoms with E-state index < -0.39 is 11.6 Å². The largest absolute Gasteiger partial charge is 0.389 e. The van der Waals surface area contributed by atoms with Crippen molar-refractivity contribution < 1.29 is 18.3 Å². The van der Waals surface area contributed by atoms with Crippen molar-refractivity contribution in [1.82, 2.24) is 9.97 Å². The number of aromatic nitrogens is 2. The number of hydrogen-bond acceptors (Lipinski definition) is 8. The molecule has 1 aromatic carbocycles. The van der Waals surface area contributed by atoms with E-state index in [0.717, 1.165) is 22.5 Å². The normalized spacial score (nSPS) is 19.1. The fourth-order valence-corrected chi connectivity index (χ4v) is 6.54. The minimum absolute atomic E-state index is 0.0354.